The number of hydrogen-bond donors (Lipinski definition) is 1. The molecule has 1 aliphatic heterocycles. The van der Waals surface area contributed by atoms with Gasteiger partial charge in [-0.2, -0.15) is 0 Å². The van der Waals surface area contributed by atoms with Gasteiger partial charge in [0.05, 0.1) is 0 Å². The molecule has 21 heavy (non-hydrogen) atoms. The molecule has 1 heterocycles. The first-order valence-electron chi connectivity index (χ1n) is 6.66. The van der Waals surface area contributed by atoms with E-state index in [1.165, 1.54) is 12.1 Å². The highest BCUT2D eigenvalue weighted by molar-refractivity contribution is 9.10. The lowest BCUT2D eigenvalue weighted by Gasteiger charge is -2.29. The molecule has 2 N–H and O–H groups in total. The van der Waals surface area contributed by atoms with Gasteiger partial charge in [-0.25, -0.2) is 4.39 Å². The standard InChI is InChI=1S/C16H14BrFN2O/c17-15-7-12(18)3-1-11(15)9-20-6-5-10-2-4-13(19)8-14(10)16(20)21/h1-4,7-8H,5-6,9,19H2. The van der Waals surface area contributed by atoms with Crippen LogP contribution in [0, 0.1) is 5.82 Å². The van der Waals surface area contributed by atoms with Gasteiger partial charge in [0.2, 0.25) is 0 Å². The lowest BCUT2D eigenvalue weighted by molar-refractivity contribution is 0.0727. The Kier molecular flexibility index (Phi) is 3.68. The highest BCUT2D eigenvalue weighted by Crippen LogP contribution is 2.25. The van der Waals surface area contributed by atoms with E-state index in [-0.39, 0.29) is 11.7 Å². The van der Waals surface area contributed by atoms with Crippen molar-refractivity contribution in [3.8, 4) is 0 Å². The first-order chi connectivity index (χ1) is 10.0. The SMILES string of the molecule is Nc1ccc2c(c1)C(=O)N(Cc1ccc(F)cc1Br)CC2. The molecular formula is C16H14BrFN2O. The quantitative estimate of drug-likeness (QED) is 0.845. The summed E-state index contributed by atoms with van der Waals surface area (Å²) in [5, 5.41) is 0. The molecule has 0 aromatic heterocycles. The third-order valence-corrected chi connectivity index (χ3v) is 4.42. The second-order valence-corrected chi connectivity index (χ2v) is 5.98. The molecule has 1 amide bonds. The van der Waals surface area contributed by atoms with Gasteiger partial charge < -0.3 is 10.6 Å². The number of hydrogen-bond acceptors (Lipinski definition) is 2. The van der Waals surface area contributed by atoms with Crippen LogP contribution in [0.25, 0.3) is 0 Å². The van der Waals surface area contributed by atoms with E-state index >= 15 is 0 Å². The lowest BCUT2D eigenvalue weighted by Crippen LogP contribution is -2.37. The van der Waals surface area contributed by atoms with E-state index < -0.39 is 0 Å². The Bertz CT molecular complexity index is 717. The molecule has 0 spiro atoms. The zero-order valence-electron chi connectivity index (χ0n) is 11.3. The Hall–Kier alpha value is -1.88. The van der Waals surface area contributed by atoms with Crippen molar-refractivity contribution in [3.63, 3.8) is 0 Å². The number of fused-ring (bicyclic) bond motifs is 1. The van der Waals surface area contributed by atoms with Crippen molar-refractivity contribution in [2.45, 2.75) is 13.0 Å². The average molecular weight is 349 g/mol. The lowest BCUT2D eigenvalue weighted by atomic mass is 9.98. The van der Waals surface area contributed by atoms with E-state index in [1.807, 2.05) is 12.1 Å². The van der Waals surface area contributed by atoms with E-state index in [1.54, 1.807) is 17.0 Å². The van der Waals surface area contributed by atoms with Crippen LogP contribution < -0.4 is 5.73 Å². The van der Waals surface area contributed by atoms with Crippen molar-refractivity contribution in [1.29, 1.82) is 0 Å². The van der Waals surface area contributed by atoms with E-state index in [9.17, 15) is 9.18 Å². The Morgan fingerprint density at radius 1 is 1.24 bits per heavy atom. The minimum absolute atomic E-state index is 0.0280. The van der Waals surface area contributed by atoms with Crippen molar-refractivity contribution in [1.82, 2.24) is 4.90 Å². The van der Waals surface area contributed by atoms with Crippen LogP contribution in [0.2, 0.25) is 0 Å². The molecule has 1 aliphatic rings. The molecule has 0 saturated carbocycles. The summed E-state index contributed by atoms with van der Waals surface area (Å²) in [6.07, 6.45) is 0.806. The predicted octanol–water partition coefficient (Wildman–Crippen LogP) is 3.37. The van der Waals surface area contributed by atoms with Gasteiger partial charge in [-0.3, -0.25) is 4.79 Å². The number of amides is 1. The van der Waals surface area contributed by atoms with Crippen molar-refractivity contribution in [2.75, 3.05) is 12.3 Å². The maximum Gasteiger partial charge on any atom is 0.254 e. The number of anilines is 1. The van der Waals surface area contributed by atoms with Crippen LogP contribution in [0.4, 0.5) is 10.1 Å². The van der Waals surface area contributed by atoms with E-state index in [0.29, 0.717) is 28.8 Å². The van der Waals surface area contributed by atoms with Gasteiger partial charge >= 0.3 is 0 Å². The number of carbonyl (C=O) groups is 1. The fourth-order valence-electron chi connectivity index (χ4n) is 2.54. The molecule has 0 bridgehead atoms. The number of carbonyl (C=O) groups excluding carboxylic acids is 1. The van der Waals surface area contributed by atoms with Crippen LogP contribution >= 0.6 is 15.9 Å². The van der Waals surface area contributed by atoms with Crippen LogP contribution in [-0.2, 0) is 13.0 Å². The zero-order valence-corrected chi connectivity index (χ0v) is 12.9. The number of benzene rings is 2. The minimum atomic E-state index is -0.297. The zero-order chi connectivity index (χ0) is 15.0. The average Bonchev–Trinajstić information content (AvgIpc) is 2.45. The first-order valence-corrected chi connectivity index (χ1v) is 7.45. The largest absolute Gasteiger partial charge is 0.399 e. The molecule has 0 aliphatic carbocycles. The number of rotatable bonds is 2. The molecule has 0 fully saturated rings. The molecule has 0 radical (unpaired) electrons. The Morgan fingerprint density at radius 2 is 2.05 bits per heavy atom. The smallest absolute Gasteiger partial charge is 0.254 e. The third-order valence-electron chi connectivity index (χ3n) is 3.68. The molecule has 0 atom stereocenters. The Balaban J connectivity index is 1.86. The normalized spacial score (nSPS) is 14.2. The van der Waals surface area contributed by atoms with Gasteiger partial charge in [-0.15, -0.1) is 0 Å². The topological polar surface area (TPSA) is 46.3 Å². The number of nitrogens with zero attached hydrogens (tertiary/aromatic N) is 1. The van der Waals surface area contributed by atoms with Gasteiger partial charge in [-0.05, 0) is 41.8 Å². The first kappa shape index (κ1) is 14.1. The van der Waals surface area contributed by atoms with Gasteiger partial charge in [0.1, 0.15) is 5.82 Å². The highest BCUT2D eigenvalue weighted by Gasteiger charge is 2.24. The summed E-state index contributed by atoms with van der Waals surface area (Å²) in [6, 6.07) is 9.97. The molecule has 5 heteroatoms. The number of nitrogen functional groups attached to an aromatic ring is 1. The molecule has 2 aromatic carbocycles. The second-order valence-electron chi connectivity index (χ2n) is 5.13. The minimum Gasteiger partial charge on any atom is -0.399 e. The van der Waals surface area contributed by atoms with Crippen molar-refractivity contribution >= 4 is 27.5 Å². The molecular weight excluding hydrogens is 335 g/mol. The summed E-state index contributed by atoms with van der Waals surface area (Å²) in [7, 11) is 0. The van der Waals surface area contributed by atoms with E-state index in [0.717, 1.165) is 17.5 Å². The van der Waals surface area contributed by atoms with Crippen LogP contribution in [0.3, 0.4) is 0 Å². The maximum absolute atomic E-state index is 13.1. The second kappa shape index (κ2) is 5.48. The van der Waals surface area contributed by atoms with Gasteiger partial charge in [0.15, 0.2) is 0 Å². The van der Waals surface area contributed by atoms with Crippen LogP contribution in [0.1, 0.15) is 21.5 Å². The van der Waals surface area contributed by atoms with E-state index in [2.05, 4.69) is 15.9 Å². The maximum atomic E-state index is 13.1. The van der Waals surface area contributed by atoms with Crippen molar-refractivity contribution < 1.29 is 9.18 Å². The van der Waals surface area contributed by atoms with Crippen molar-refractivity contribution in [2.24, 2.45) is 0 Å². The monoisotopic (exact) mass is 348 g/mol. The van der Waals surface area contributed by atoms with E-state index in [4.69, 9.17) is 5.73 Å². The summed E-state index contributed by atoms with van der Waals surface area (Å²) in [6.45, 7) is 1.10. The number of halogens is 2. The summed E-state index contributed by atoms with van der Waals surface area (Å²) in [5.41, 5.74) is 8.94. The van der Waals surface area contributed by atoms with Gasteiger partial charge in [0, 0.05) is 28.8 Å². The van der Waals surface area contributed by atoms with Crippen LogP contribution in [-0.4, -0.2) is 17.4 Å². The summed E-state index contributed by atoms with van der Waals surface area (Å²) < 4.78 is 13.8. The fourth-order valence-corrected chi connectivity index (χ4v) is 3.02. The molecule has 2 aromatic rings. The molecule has 3 nitrogen and oxygen atoms in total. The van der Waals surface area contributed by atoms with Crippen molar-refractivity contribution in [3.05, 3.63) is 63.4 Å². The summed E-state index contributed by atoms with van der Waals surface area (Å²) in [5.74, 6) is -0.325. The Morgan fingerprint density at radius 3 is 2.81 bits per heavy atom. The van der Waals surface area contributed by atoms with Crippen LogP contribution in [0.15, 0.2) is 40.9 Å². The van der Waals surface area contributed by atoms with Gasteiger partial charge in [-0.1, -0.05) is 28.1 Å². The Labute approximate surface area is 130 Å². The third kappa shape index (κ3) is 2.78. The summed E-state index contributed by atoms with van der Waals surface area (Å²) >= 11 is 3.34. The predicted molar refractivity (Wildman–Crippen MR) is 83.4 cm³/mol. The molecule has 0 unspecified atom stereocenters. The molecule has 108 valence electrons. The van der Waals surface area contributed by atoms with Crippen LogP contribution in [0.5, 0.6) is 0 Å². The fraction of sp³-hybridized carbons (Fsp3) is 0.188. The summed E-state index contributed by atoms with van der Waals surface area (Å²) in [4.78, 5) is 14.3. The molecule has 0 saturated heterocycles. The number of nitrogens with two attached hydrogens (primary N) is 1. The van der Waals surface area contributed by atoms with Gasteiger partial charge in [0.25, 0.3) is 5.91 Å². The molecule has 3 rings (SSSR count). The highest BCUT2D eigenvalue weighted by atomic mass is 79.9.